The van der Waals surface area contributed by atoms with E-state index in [1.165, 1.54) is 0 Å². The molecular weight excluding hydrogens is 274 g/mol. The summed E-state index contributed by atoms with van der Waals surface area (Å²) in [4.78, 5) is 23.7. The molecule has 0 aromatic carbocycles. The van der Waals surface area contributed by atoms with Gasteiger partial charge < -0.3 is 10.4 Å². The Balaban J connectivity index is 1.90. The van der Waals surface area contributed by atoms with Gasteiger partial charge in [0.2, 0.25) is 5.91 Å². The van der Waals surface area contributed by atoms with Gasteiger partial charge in [-0.05, 0) is 31.4 Å². The summed E-state index contributed by atoms with van der Waals surface area (Å²) >= 11 is 1.91. The number of carboxylic acids is 1. The smallest absolute Gasteiger partial charge is 0.310 e. The standard InChI is InChI=1S/C15H25NO3S/c1-2-20-12-7-5-6-11(12)16-13(17)10-15(14(18)19)8-3-4-9-15/h11-12H,2-10H2,1H3,(H,16,17)(H,18,19). The van der Waals surface area contributed by atoms with Crippen LogP contribution in [0, 0.1) is 5.41 Å². The number of aliphatic carboxylic acids is 1. The first-order chi connectivity index (χ1) is 9.57. The van der Waals surface area contributed by atoms with E-state index in [4.69, 9.17) is 0 Å². The number of hydrogen-bond donors (Lipinski definition) is 2. The Morgan fingerprint density at radius 1 is 1.25 bits per heavy atom. The largest absolute Gasteiger partial charge is 0.481 e. The number of carboxylic acid groups (broad SMARTS) is 1. The SMILES string of the molecule is CCSC1CCCC1NC(=O)CC1(C(=O)O)CCCC1. The summed E-state index contributed by atoms with van der Waals surface area (Å²) in [5, 5.41) is 13.0. The van der Waals surface area contributed by atoms with Crippen molar-refractivity contribution in [3.8, 4) is 0 Å². The van der Waals surface area contributed by atoms with Crippen molar-refractivity contribution in [2.75, 3.05) is 5.75 Å². The van der Waals surface area contributed by atoms with Crippen LogP contribution in [-0.4, -0.2) is 34.0 Å². The molecule has 2 rings (SSSR count). The van der Waals surface area contributed by atoms with Gasteiger partial charge >= 0.3 is 5.97 Å². The summed E-state index contributed by atoms with van der Waals surface area (Å²) in [6.45, 7) is 2.14. The van der Waals surface area contributed by atoms with Gasteiger partial charge in [-0.3, -0.25) is 9.59 Å². The molecule has 4 nitrogen and oxygen atoms in total. The highest BCUT2D eigenvalue weighted by atomic mass is 32.2. The van der Waals surface area contributed by atoms with Crippen LogP contribution in [0.3, 0.4) is 0 Å². The maximum atomic E-state index is 12.2. The molecule has 0 aromatic heterocycles. The van der Waals surface area contributed by atoms with Crippen LogP contribution < -0.4 is 5.32 Å². The molecule has 2 saturated carbocycles. The molecule has 2 atom stereocenters. The highest BCUT2D eigenvalue weighted by Gasteiger charge is 2.43. The monoisotopic (exact) mass is 299 g/mol. The van der Waals surface area contributed by atoms with Crippen LogP contribution in [0.15, 0.2) is 0 Å². The van der Waals surface area contributed by atoms with Crippen molar-refractivity contribution >= 4 is 23.6 Å². The minimum Gasteiger partial charge on any atom is -0.481 e. The Labute approximate surface area is 125 Å². The van der Waals surface area contributed by atoms with E-state index >= 15 is 0 Å². The maximum Gasteiger partial charge on any atom is 0.310 e. The van der Waals surface area contributed by atoms with Gasteiger partial charge in [0.15, 0.2) is 0 Å². The van der Waals surface area contributed by atoms with Gasteiger partial charge in [0.05, 0.1) is 5.41 Å². The number of carbonyl (C=O) groups excluding carboxylic acids is 1. The molecule has 0 spiro atoms. The van der Waals surface area contributed by atoms with E-state index in [1.54, 1.807) is 0 Å². The fraction of sp³-hybridized carbons (Fsp3) is 0.867. The molecule has 0 bridgehead atoms. The third kappa shape index (κ3) is 3.48. The minimum absolute atomic E-state index is 0.0668. The van der Waals surface area contributed by atoms with E-state index in [2.05, 4.69) is 12.2 Å². The maximum absolute atomic E-state index is 12.2. The molecule has 0 saturated heterocycles. The van der Waals surface area contributed by atoms with Gasteiger partial charge in [-0.2, -0.15) is 11.8 Å². The summed E-state index contributed by atoms with van der Waals surface area (Å²) < 4.78 is 0. The van der Waals surface area contributed by atoms with Crippen LogP contribution in [0.4, 0.5) is 0 Å². The van der Waals surface area contributed by atoms with Crippen LogP contribution in [0.2, 0.25) is 0 Å². The van der Waals surface area contributed by atoms with E-state index in [1.807, 2.05) is 11.8 Å². The summed E-state index contributed by atoms with van der Waals surface area (Å²) in [7, 11) is 0. The lowest BCUT2D eigenvalue weighted by molar-refractivity contribution is -0.151. The van der Waals surface area contributed by atoms with Crippen LogP contribution >= 0.6 is 11.8 Å². The summed E-state index contributed by atoms with van der Waals surface area (Å²) in [5.41, 5.74) is -0.796. The molecule has 0 radical (unpaired) electrons. The molecule has 20 heavy (non-hydrogen) atoms. The lowest BCUT2D eigenvalue weighted by Crippen LogP contribution is -2.42. The minimum atomic E-state index is -0.796. The molecule has 0 aromatic rings. The number of nitrogens with one attached hydrogen (secondary N) is 1. The van der Waals surface area contributed by atoms with Crippen LogP contribution in [0.25, 0.3) is 0 Å². The van der Waals surface area contributed by atoms with Gasteiger partial charge in [0.1, 0.15) is 0 Å². The molecular formula is C15H25NO3S. The second kappa shape index (κ2) is 6.83. The first-order valence-electron chi connectivity index (χ1n) is 7.72. The molecule has 2 N–H and O–H groups in total. The molecule has 2 unspecified atom stereocenters. The number of hydrogen-bond acceptors (Lipinski definition) is 3. The van der Waals surface area contributed by atoms with Crippen molar-refractivity contribution in [2.45, 2.75) is 69.6 Å². The zero-order valence-corrected chi connectivity index (χ0v) is 13.0. The predicted molar refractivity (Wildman–Crippen MR) is 80.9 cm³/mol. The lowest BCUT2D eigenvalue weighted by atomic mass is 9.82. The number of carbonyl (C=O) groups is 2. The Bertz CT molecular complexity index is 366. The normalized spacial score (nSPS) is 28.4. The first kappa shape index (κ1) is 15.7. The van der Waals surface area contributed by atoms with Gasteiger partial charge in [-0.25, -0.2) is 0 Å². The summed E-state index contributed by atoms with van der Waals surface area (Å²) in [6, 6.07) is 0.236. The van der Waals surface area contributed by atoms with Crippen molar-refractivity contribution in [3.63, 3.8) is 0 Å². The molecule has 0 aliphatic heterocycles. The molecule has 2 aliphatic carbocycles. The Kier molecular flexibility index (Phi) is 5.35. The fourth-order valence-electron chi connectivity index (χ4n) is 3.59. The molecule has 1 amide bonds. The topological polar surface area (TPSA) is 66.4 Å². The van der Waals surface area contributed by atoms with E-state index in [-0.39, 0.29) is 18.4 Å². The van der Waals surface area contributed by atoms with E-state index < -0.39 is 11.4 Å². The molecule has 2 aliphatic rings. The third-order valence-corrected chi connectivity index (χ3v) is 6.02. The van der Waals surface area contributed by atoms with Crippen LogP contribution in [0.5, 0.6) is 0 Å². The second-order valence-corrected chi connectivity index (χ2v) is 7.58. The van der Waals surface area contributed by atoms with E-state index in [9.17, 15) is 14.7 Å². The van der Waals surface area contributed by atoms with Crippen molar-refractivity contribution in [1.82, 2.24) is 5.32 Å². The Morgan fingerprint density at radius 3 is 2.55 bits per heavy atom. The van der Waals surface area contributed by atoms with Gasteiger partial charge in [0, 0.05) is 17.7 Å². The number of thioether (sulfide) groups is 1. The predicted octanol–water partition coefficient (Wildman–Crippen LogP) is 2.81. The Hall–Kier alpha value is -0.710. The second-order valence-electron chi connectivity index (χ2n) is 6.07. The van der Waals surface area contributed by atoms with Crippen molar-refractivity contribution in [1.29, 1.82) is 0 Å². The summed E-state index contributed by atoms with van der Waals surface area (Å²) in [5.74, 6) is 0.204. The lowest BCUT2D eigenvalue weighted by Gasteiger charge is -2.25. The first-order valence-corrected chi connectivity index (χ1v) is 8.76. The molecule has 5 heteroatoms. The zero-order valence-electron chi connectivity index (χ0n) is 12.2. The average molecular weight is 299 g/mol. The molecule has 114 valence electrons. The molecule has 2 fully saturated rings. The average Bonchev–Trinajstić information content (AvgIpc) is 3.01. The Morgan fingerprint density at radius 2 is 1.95 bits per heavy atom. The zero-order chi connectivity index (χ0) is 14.6. The van der Waals surface area contributed by atoms with E-state index in [0.29, 0.717) is 18.1 Å². The van der Waals surface area contributed by atoms with Gasteiger partial charge in [-0.1, -0.05) is 26.2 Å². The van der Waals surface area contributed by atoms with Crippen molar-refractivity contribution in [2.24, 2.45) is 5.41 Å². The highest BCUT2D eigenvalue weighted by molar-refractivity contribution is 7.99. The van der Waals surface area contributed by atoms with Crippen molar-refractivity contribution in [3.05, 3.63) is 0 Å². The fourth-order valence-corrected chi connectivity index (χ4v) is 4.79. The quantitative estimate of drug-likeness (QED) is 0.791. The number of rotatable bonds is 6. The highest BCUT2D eigenvalue weighted by Crippen LogP contribution is 2.41. The third-order valence-electron chi connectivity index (χ3n) is 4.69. The summed E-state index contributed by atoms with van der Waals surface area (Å²) in [6.07, 6.45) is 6.65. The van der Waals surface area contributed by atoms with Gasteiger partial charge in [0.25, 0.3) is 0 Å². The van der Waals surface area contributed by atoms with Gasteiger partial charge in [-0.15, -0.1) is 0 Å². The van der Waals surface area contributed by atoms with Crippen LogP contribution in [0.1, 0.15) is 58.3 Å². The molecule has 0 heterocycles. The van der Waals surface area contributed by atoms with E-state index in [0.717, 1.165) is 37.9 Å². The van der Waals surface area contributed by atoms with Crippen molar-refractivity contribution < 1.29 is 14.7 Å². The van der Waals surface area contributed by atoms with Crippen LogP contribution in [-0.2, 0) is 9.59 Å². The number of amides is 1.